The monoisotopic (exact) mass is 434 g/mol. The van der Waals surface area contributed by atoms with Gasteiger partial charge in [-0.3, -0.25) is 0 Å². The Labute approximate surface area is 159 Å². The first kappa shape index (κ1) is 19.3. The second-order valence-electron chi connectivity index (χ2n) is 8.19. The Hall–Kier alpha value is -1.44. The molecule has 8 heteroatoms. The summed E-state index contributed by atoms with van der Waals surface area (Å²) >= 11 is 3.19. The molecule has 0 aromatic heterocycles. The maximum absolute atomic E-state index is 13.5. The third-order valence-electron chi connectivity index (χ3n) is 4.95. The number of piperidine rings is 1. The minimum atomic E-state index is -4.45. The second-order valence-corrected chi connectivity index (χ2v) is 9.10. The lowest BCUT2D eigenvalue weighted by Crippen LogP contribution is -2.52. The lowest BCUT2D eigenvalue weighted by atomic mass is 9.78. The summed E-state index contributed by atoms with van der Waals surface area (Å²) < 4.78 is 46.2. The number of likely N-dealkylation sites (tertiary alicyclic amines) is 1. The third-order valence-corrected chi connectivity index (χ3v) is 5.41. The minimum Gasteiger partial charge on any atom is -0.444 e. The average molecular weight is 435 g/mol. The lowest BCUT2D eigenvalue weighted by Gasteiger charge is -2.42. The Morgan fingerprint density at radius 1 is 1.35 bits per heavy atom. The fourth-order valence-electron chi connectivity index (χ4n) is 3.69. The number of fused-ring (bicyclic) bond motifs is 3. The third kappa shape index (κ3) is 3.52. The standard InChI is InChI=1S/C18H22BrF3N2O2/c1-16(2,3)26-15(25)24-6-5-17(4)13(9-24)11-7-10(19)8-12(14(11)23-17)18(20,21)22/h7-8,13,23H,5-6,9H2,1-4H3/t13-,17-/m0/s1. The van der Waals surface area contributed by atoms with Gasteiger partial charge in [-0.05, 0) is 51.8 Å². The van der Waals surface area contributed by atoms with Crippen LogP contribution in [0.3, 0.4) is 0 Å². The lowest BCUT2D eigenvalue weighted by molar-refractivity contribution is -0.137. The summed E-state index contributed by atoms with van der Waals surface area (Å²) in [6.07, 6.45) is -4.34. The first-order valence-corrected chi connectivity index (χ1v) is 9.26. The highest BCUT2D eigenvalue weighted by molar-refractivity contribution is 9.10. The number of rotatable bonds is 0. The molecule has 2 heterocycles. The van der Waals surface area contributed by atoms with E-state index in [0.29, 0.717) is 29.5 Å². The molecule has 1 saturated heterocycles. The summed E-state index contributed by atoms with van der Waals surface area (Å²) in [4.78, 5) is 14.0. The van der Waals surface area contributed by atoms with Crippen molar-refractivity contribution >= 4 is 27.7 Å². The predicted molar refractivity (Wildman–Crippen MR) is 96.3 cm³/mol. The summed E-state index contributed by atoms with van der Waals surface area (Å²) in [5, 5.41) is 3.10. The van der Waals surface area contributed by atoms with E-state index in [2.05, 4.69) is 21.2 Å². The number of hydrogen-bond acceptors (Lipinski definition) is 3. The Kier molecular flexibility index (Phi) is 4.49. The summed E-state index contributed by atoms with van der Waals surface area (Å²) in [6, 6.07) is 2.81. The van der Waals surface area contributed by atoms with Gasteiger partial charge in [0, 0.05) is 29.0 Å². The van der Waals surface area contributed by atoms with Gasteiger partial charge in [-0.1, -0.05) is 15.9 Å². The second kappa shape index (κ2) is 6.04. The van der Waals surface area contributed by atoms with Crippen molar-refractivity contribution in [2.24, 2.45) is 0 Å². The molecule has 4 nitrogen and oxygen atoms in total. The minimum absolute atomic E-state index is 0.124. The van der Waals surface area contributed by atoms with Crippen LogP contribution >= 0.6 is 15.9 Å². The van der Waals surface area contributed by atoms with Crippen LogP contribution in [0.1, 0.15) is 51.2 Å². The van der Waals surface area contributed by atoms with Crippen molar-refractivity contribution < 1.29 is 22.7 Å². The number of halogens is 4. The van der Waals surface area contributed by atoms with Gasteiger partial charge in [0.15, 0.2) is 0 Å². The fourth-order valence-corrected chi connectivity index (χ4v) is 4.17. The first-order valence-electron chi connectivity index (χ1n) is 8.47. The van der Waals surface area contributed by atoms with E-state index in [1.807, 2.05) is 6.92 Å². The molecule has 0 spiro atoms. The van der Waals surface area contributed by atoms with E-state index in [-0.39, 0.29) is 11.6 Å². The number of carbonyl (C=O) groups excluding carboxylic acids is 1. The summed E-state index contributed by atoms with van der Waals surface area (Å²) in [7, 11) is 0. The van der Waals surface area contributed by atoms with Crippen molar-refractivity contribution in [2.45, 2.75) is 57.3 Å². The van der Waals surface area contributed by atoms with Crippen LogP contribution in [0, 0.1) is 0 Å². The van der Waals surface area contributed by atoms with Crippen LogP contribution in [-0.2, 0) is 10.9 Å². The van der Waals surface area contributed by atoms with Gasteiger partial charge in [0.1, 0.15) is 5.60 Å². The fraction of sp³-hybridized carbons (Fsp3) is 0.611. The highest BCUT2D eigenvalue weighted by Crippen LogP contribution is 2.52. The van der Waals surface area contributed by atoms with Gasteiger partial charge in [-0.25, -0.2) is 4.79 Å². The number of carbonyl (C=O) groups is 1. The summed E-state index contributed by atoms with van der Waals surface area (Å²) in [5.74, 6) is -0.239. The molecule has 0 radical (unpaired) electrons. The van der Waals surface area contributed by atoms with Gasteiger partial charge in [0.05, 0.1) is 11.3 Å². The Bertz CT molecular complexity index is 745. The molecule has 26 heavy (non-hydrogen) atoms. The highest BCUT2D eigenvalue weighted by atomic mass is 79.9. The number of benzene rings is 1. The van der Waals surface area contributed by atoms with Crippen molar-refractivity contribution in [1.82, 2.24) is 4.90 Å². The molecule has 3 rings (SSSR count). The van der Waals surface area contributed by atoms with E-state index < -0.39 is 29.0 Å². The zero-order valence-corrected chi connectivity index (χ0v) is 16.7. The molecule has 1 aromatic rings. The quantitative estimate of drug-likeness (QED) is 0.595. The van der Waals surface area contributed by atoms with Crippen molar-refractivity contribution in [3.05, 3.63) is 27.7 Å². The Balaban J connectivity index is 1.95. The number of nitrogens with zero attached hydrogens (tertiary/aromatic N) is 1. The molecule has 1 N–H and O–H groups in total. The number of alkyl halides is 3. The molecular formula is C18H22BrF3N2O2. The summed E-state index contributed by atoms with van der Waals surface area (Å²) in [6.45, 7) is 8.04. The maximum atomic E-state index is 13.5. The van der Waals surface area contributed by atoms with Crippen LogP contribution in [0.25, 0.3) is 0 Å². The average Bonchev–Trinajstić information content (AvgIpc) is 2.75. The molecule has 1 amide bonds. The van der Waals surface area contributed by atoms with Crippen LogP contribution in [0.15, 0.2) is 16.6 Å². The van der Waals surface area contributed by atoms with E-state index in [1.165, 1.54) is 0 Å². The van der Waals surface area contributed by atoms with Crippen LogP contribution in [0.2, 0.25) is 0 Å². The van der Waals surface area contributed by atoms with E-state index in [9.17, 15) is 18.0 Å². The molecule has 0 unspecified atom stereocenters. The Morgan fingerprint density at radius 2 is 2.00 bits per heavy atom. The normalized spacial score (nSPS) is 25.4. The first-order chi connectivity index (χ1) is 11.8. The molecule has 2 aliphatic rings. The molecule has 0 bridgehead atoms. The van der Waals surface area contributed by atoms with E-state index in [1.54, 1.807) is 31.7 Å². The highest BCUT2D eigenvalue weighted by Gasteiger charge is 2.50. The van der Waals surface area contributed by atoms with Gasteiger partial charge >= 0.3 is 12.3 Å². The van der Waals surface area contributed by atoms with Crippen LogP contribution in [-0.4, -0.2) is 35.2 Å². The molecule has 1 aromatic carbocycles. The van der Waals surface area contributed by atoms with Gasteiger partial charge in [-0.2, -0.15) is 13.2 Å². The number of ether oxygens (including phenoxy) is 1. The number of amides is 1. The SMILES string of the molecule is CC(C)(C)OC(=O)N1CC[C@]2(C)Nc3c(cc(Br)cc3C(F)(F)F)[C@@H]2C1. The van der Waals surface area contributed by atoms with E-state index in [4.69, 9.17) is 4.74 Å². The van der Waals surface area contributed by atoms with Crippen LogP contribution in [0.4, 0.5) is 23.7 Å². The van der Waals surface area contributed by atoms with E-state index in [0.717, 1.165) is 6.07 Å². The van der Waals surface area contributed by atoms with Crippen molar-refractivity contribution in [1.29, 1.82) is 0 Å². The zero-order chi connectivity index (χ0) is 19.5. The molecule has 1 fully saturated rings. The number of hydrogen-bond donors (Lipinski definition) is 1. The van der Waals surface area contributed by atoms with Gasteiger partial charge in [-0.15, -0.1) is 0 Å². The Morgan fingerprint density at radius 3 is 2.58 bits per heavy atom. The van der Waals surface area contributed by atoms with Gasteiger partial charge in [0.2, 0.25) is 0 Å². The maximum Gasteiger partial charge on any atom is 0.418 e. The van der Waals surface area contributed by atoms with Crippen molar-refractivity contribution in [3.63, 3.8) is 0 Å². The van der Waals surface area contributed by atoms with E-state index >= 15 is 0 Å². The van der Waals surface area contributed by atoms with Crippen molar-refractivity contribution in [2.75, 3.05) is 18.4 Å². The zero-order valence-electron chi connectivity index (χ0n) is 15.1. The molecule has 0 saturated carbocycles. The largest absolute Gasteiger partial charge is 0.444 e. The topological polar surface area (TPSA) is 41.6 Å². The molecule has 0 aliphatic carbocycles. The van der Waals surface area contributed by atoms with Crippen molar-refractivity contribution in [3.8, 4) is 0 Å². The predicted octanol–water partition coefficient (Wildman–Crippen LogP) is 5.38. The molecule has 144 valence electrons. The van der Waals surface area contributed by atoms with Crippen LogP contribution < -0.4 is 5.32 Å². The van der Waals surface area contributed by atoms with Gasteiger partial charge < -0.3 is 15.0 Å². The number of anilines is 1. The summed E-state index contributed by atoms with van der Waals surface area (Å²) in [5.41, 5.74) is -1.11. The van der Waals surface area contributed by atoms with Gasteiger partial charge in [0.25, 0.3) is 0 Å². The molecule has 2 atom stereocenters. The molecule has 2 aliphatic heterocycles. The van der Waals surface area contributed by atoms with Crippen LogP contribution in [0.5, 0.6) is 0 Å². The molecular weight excluding hydrogens is 413 g/mol. The number of nitrogens with one attached hydrogen (secondary N) is 1. The smallest absolute Gasteiger partial charge is 0.418 e.